The van der Waals surface area contributed by atoms with Gasteiger partial charge in [-0.15, -0.1) is 5.10 Å². The van der Waals surface area contributed by atoms with Crippen LogP contribution < -0.4 is 10.6 Å². The van der Waals surface area contributed by atoms with Crippen LogP contribution in [0.4, 0.5) is 5.82 Å². The molecule has 1 heterocycles. The topological polar surface area (TPSA) is 108 Å². The molecule has 2 atom stereocenters. The maximum Gasteiger partial charge on any atom is 0.174 e. The van der Waals surface area contributed by atoms with Gasteiger partial charge in [-0.05, 0) is 32.3 Å². The second-order valence-corrected chi connectivity index (χ2v) is 5.62. The molecule has 0 saturated heterocycles. The SMILES string of the molecule is Cc1nnc(N(C)C2CCCCC2O)c(C(N)=NO)c1C. The number of hydrogen-bond donors (Lipinski definition) is 3. The summed E-state index contributed by atoms with van der Waals surface area (Å²) in [5.74, 6) is 0.553. The maximum atomic E-state index is 10.2. The summed E-state index contributed by atoms with van der Waals surface area (Å²) < 4.78 is 0. The summed E-state index contributed by atoms with van der Waals surface area (Å²) in [7, 11) is 1.87. The molecule has 0 spiro atoms. The number of aryl methyl sites for hydroxylation is 1. The molecule has 1 aromatic rings. The van der Waals surface area contributed by atoms with E-state index in [1.54, 1.807) is 0 Å². The molecule has 1 aliphatic carbocycles. The molecular formula is C14H23N5O2. The van der Waals surface area contributed by atoms with Crippen LogP contribution in [0.3, 0.4) is 0 Å². The summed E-state index contributed by atoms with van der Waals surface area (Å²) in [6, 6.07) is -0.0274. The number of aliphatic hydroxyl groups excluding tert-OH is 1. The van der Waals surface area contributed by atoms with Gasteiger partial charge in [-0.3, -0.25) is 0 Å². The van der Waals surface area contributed by atoms with Gasteiger partial charge in [-0.2, -0.15) is 5.10 Å². The highest BCUT2D eigenvalue weighted by molar-refractivity contribution is 6.02. The molecule has 1 aromatic heterocycles. The fourth-order valence-corrected chi connectivity index (χ4v) is 2.90. The van der Waals surface area contributed by atoms with Crippen LogP contribution >= 0.6 is 0 Å². The highest BCUT2D eigenvalue weighted by Gasteiger charge is 2.30. The number of amidine groups is 1. The Bertz CT molecular complexity index is 546. The largest absolute Gasteiger partial charge is 0.409 e. The molecule has 0 aliphatic heterocycles. The normalized spacial score (nSPS) is 23.1. The minimum atomic E-state index is -0.396. The lowest BCUT2D eigenvalue weighted by Gasteiger charge is -2.36. The van der Waals surface area contributed by atoms with Crippen molar-refractivity contribution in [2.45, 2.75) is 51.7 Å². The lowest BCUT2D eigenvalue weighted by atomic mass is 9.91. The molecule has 4 N–H and O–H groups in total. The number of rotatable bonds is 3. The first-order chi connectivity index (χ1) is 9.97. The molecule has 0 radical (unpaired) electrons. The second kappa shape index (κ2) is 6.26. The molecule has 7 heteroatoms. The lowest BCUT2D eigenvalue weighted by Crippen LogP contribution is -2.44. The smallest absolute Gasteiger partial charge is 0.174 e. The highest BCUT2D eigenvalue weighted by Crippen LogP contribution is 2.28. The van der Waals surface area contributed by atoms with Crippen LogP contribution in [-0.2, 0) is 0 Å². The summed E-state index contributed by atoms with van der Waals surface area (Å²) in [6.07, 6.45) is 3.39. The maximum absolute atomic E-state index is 10.2. The highest BCUT2D eigenvalue weighted by atomic mass is 16.4. The zero-order chi connectivity index (χ0) is 15.6. The fraction of sp³-hybridized carbons (Fsp3) is 0.643. The molecule has 1 aliphatic rings. The molecule has 1 saturated carbocycles. The Labute approximate surface area is 124 Å². The Hall–Kier alpha value is -1.89. The monoisotopic (exact) mass is 293 g/mol. The van der Waals surface area contributed by atoms with Crippen molar-refractivity contribution in [3.8, 4) is 0 Å². The van der Waals surface area contributed by atoms with Crippen LogP contribution in [0.2, 0.25) is 0 Å². The Morgan fingerprint density at radius 1 is 1.29 bits per heavy atom. The number of aliphatic hydroxyl groups is 1. The molecule has 2 unspecified atom stereocenters. The van der Waals surface area contributed by atoms with E-state index < -0.39 is 6.10 Å². The van der Waals surface area contributed by atoms with Crippen LogP contribution in [0, 0.1) is 13.8 Å². The van der Waals surface area contributed by atoms with Crippen molar-refractivity contribution in [2.24, 2.45) is 10.9 Å². The van der Waals surface area contributed by atoms with Crippen molar-refractivity contribution in [1.29, 1.82) is 0 Å². The zero-order valence-electron chi connectivity index (χ0n) is 12.7. The molecule has 0 aromatic carbocycles. The van der Waals surface area contributed by atoms with Crippen molar-refractivity contribution in [2.75, 3.05) is 11.9 Å². The fourth-order valence-electron chi connectivity index (χ4n) is 2.90. The van der Waals surface area contributed by atoms with Gasteiger partial charge in [0.15, 0.2) is 11.7 Å². The predicted octanol–water partition coefficient (Wildman–Crippen LogP) is 0.928. The van der Waals surface area contributed by atoms with E-state index in [0.29, 0.717) is 11.4 Å². The van der Waals surface area contributed by atoms with E-state index in [1.165, 1.54) is 0 Å². The molecular weight excluding hydrogens is 270 g/mol. The summed E-state index contributed by atoms with van der Waals surface area (Å²) >= 11 is 0. The number of nitrogens with two attached hydrogens (primary N) is 1. The van der Waals surface area contributed by atoms with Gasteiger partial charge in [-0.1, -0.05) is 18.0 Å². The molecule has 7 nitrogen and oxygen atoms in total. The number of likely N-dealkylation sites (N-methyl/N-ethyl adjacent to an activating group) is 1. The van der Waals surface area contributed by atoms with Gasteiger partial charge in [-0.25, -0.2) is 0 Å². The molecule has 116 valence electrons. The van der Waals surface area contributed by atoms with Crippen LogP contribution in [0.15, 0.2) is 5.16 Å². The van der Waals surface area contributed by atoms with Gasteiger partial charge in [0.1, 0.15) is 0 Å². The molecule has 1 fully saturated rings. The van der Waals surface area contributed by atoms with E-state index in [-0.39, 0.29) is 11.9 Å². The lowest BCUT2D eigenvalue weighted by molar-refractivity contribution is 0.106. The van der Waals surface area contributed by atoms with Crippen molar-refractivity contribution in [1.82, 2.24) is 10.2 Å². The van der Waals surface area contributed by atoms with Gasteiger partial charge in [0.25, 0.3) is 0 Å². The minimum Gasteiger partial charge on any atom is -0.409 e. The quantitative estimate of drug-likeness (QED) is 0.331. The Morgan fingerprint density at radius 2 is 1.95 bits per heavy atom. The average molecular weight is 293 g/mol. The molecule has 0 bridgehead atoms. The van der Waals surface area contributed by atoms with E-state index in [0.717, 1.165) is 36.9 Å². The molecule has 2 rings (SSSR count). The van der Waals surface area contributed by atoms with Gasteiger partial charge in [0, 0.05) is 7.05 Å². The summed E-state index contributed by atoms with van der Waals surface area (Å²) in [5, 5.41) is 30.7. The Kier molecular flexibility index (Phi) is 4.62. The predicted molar refractivity (Wildman–Crippen MR) is 80.7 cm³/mol. The summed E-state index contributed by atoms with van der Waals surface area (Å²) in [4.78, 5) is 1.90. The first-order valence-corrected chi connectivity index (χ1v) is 7.20. The van der Waals surface area contributed by atoms with Crippen molar-refractivity contribution in [3.63, 3.8) is 0 Å². The van der Waals surface area contributed by atoms with Crippen molar-refractivity contribution in [3.05, 3.63) is 16.8 Å². The Balaban J connectivity index is 2.45. The van der Waals surface area contributed by atoms with Crippen LogP contribution in [0.5, 0.6) is 0 Å². The van der Waals surface area contributed by atoms with Gasteiger partial charge < -0.3 is 20.9 Å². The van der Waals surface area contributed by atoms with Gasteiger partial charge >= 0.3 is 0 Å². The van der Waals surface area contributed by atoms with Crippen LogP contribution in [0.1, 0.15) is 42.5 Å². The number of hydrogen-bond acceptors (Lipinski definition) is 6. The summed E-state index contributed by atoms with van der Waals surface area (Å²) in [6.45, 7) is 3.70. The number of nitrogens with zero attached hydrogens (tertiary/aromatic N) is 4. The zero-order valence-corrected chi connectivity index (χ0v) is 12.7. The first-order valence-electron chi connectivity index (χ1n) is 7.20. The van der Waals surface area contributed by atoms with E-state index in [4.69, 9.17) is 10.9 Å². The van der Waals surface area contributed by atoms with E-state index >= 15 is 0 Å². The van der Waals surface area contributed by atoms with Gasteiger partial charge in [0.2, 0.25) is 0 Å². The Morgan fingerprint density at radius 3 is 2.57 bits per heavy atom. The third-order valence-electron chi connectivity index (χ3n) is 4.33. The van der Waals surface area contributed by atoms with Crippen LogP contribution in [-0.4, -0.2) is 45.5 Å². The standard InChI is InChI=1S/C14H23N5O2/c1-8-9(2)16-17-14(12(8)13(15)18-21)19(3)10-6-4-5-7-11(10)20/h10-11,20-21H,4-7H2,1-3H3,(H2,15,18). The molecule has 21 heavy (non-hydrogen) atoms. The van der Waals surface area contributed by atoms with E-state index in [1.807, 2.05) is 25.8 Å². The van der Waals surface area contributed by atoms with Crippen molar-refractivity contribution < 1.29 is 10.3 Å². The second-order valence-electron chi connectivity index (χ2n) is 5.62. The van der Waals surface area contributed by atoms with E-state index in [9.17, 15) is 5.11 Å². The number of anilines is 1. The first kappa shape index (κ1) is 15.5. The third kappa shape index (κ3) is 2.92. The van der Waals surface area contributed by atoms with E-state index in [2.05, 4.69) is 15.4 Å². The number of oxime groups is 1. The van der Waals surface area contributed by atoms with Gasteiger partial charge in [0.05, 0.1) is 23.4 Å². The summed E-state index contributed by atoms with van der Waals surface area (Å²) in [5.41, 5.74) is 7.94. The average Bonchev–Trinajstić information content (AvgIpc) is 2.49. The van der Waals surface area contributed by atoms with Crippen LogP contribution in [0.25, 0.3) is 0 Å². The molecule has 0 amide bonds. The van der Waals surface area contributed by atoms with Crippen molar-refractivity contribution >= 4 is 11.7 Å². The third-order valence-corrected chi connectivity index (χ3v) is 4.33. The minimum absolute atomic E-state index is 0.0117. The number of aromatic nitrogens is 2.